The third kappa shape index (κ3) is 8.89. The lowest BCUT2D eigenvalue weighted by Gasteiger charge is -2.39. The second-order valence-electron chi connectivity index (χ2n) is 10.7. The van der Waals surface area contributed by atoms with Crippen LogP contribution in [0.15, 0.2) is 24.3 Å². The van der Waals surface area contributed by atoms with Crippen molar-refractivity contribution in [3.63, 3.8) is 0 Å². The Labute approximate surface area is 217 Å². The van der Waals surface area contributed by atoms with Crippen molar-refractivity contribution in [1.82, 2.24) is 15.5 Å². The van der Waals surface area contributed by atoms with E-state index in [4.69, 9.17) is 11.2 Å². The Kier molecular flexibility index (Phi) is 12.0. The largest absolute Gasteiger partial charge is 0.444 e. The van der Waals surface area contributed by atoms with Crippen LogP contribution < -0.4 is 10.6 Å². The van der Waals surface area contributed by atoms with E-state index in [1.54, 1.807) is 49.9 Å². The molecule has 36 heavy (non-hydrogen) atoms. The van der Waals surface area contributed by atoms with E-state index in [9.17, 15) is 14.4 Å². The minimum absolute atomic E-state index is 0.0719. The van der Waals surface area contributed by atoms with Crippen molar-refractivity contribution in [2.75, 3.05) is 0 Å². The number of amides is 3. The van der Waals surface area contributed by atoms with E-state index in [-0.39, 0.29) is 29.8 Å². The summed E-state index contributed by atoms with van der Waals surface area (Å²) in [5, 5.41) is 5.83. The second-order valence-corrected chi connectivity index (χ2v) is 10.7. The van der Waals surface area contributed by atoms with Crippen LogP contribution in [0.4, 0.5) is 4.79 Å². The van der Waals surface area contributed by atoms with Gasteiger partial charge in [-0.2, -0.15) is 0 Å². The van der Waals surface area contributed by atoms with Gasteiger partial charge in [-0.05, 0) is 65.5 Å². The number of rotatable bonds is 11. The molecule has 3 amide bonds. The molecule has 1 aromatic carbocycles. The van der Waals surface area contributed by atoms with E-state index >= 15 is 0 Å². The van der Waals surface area contributed by atoms with Gasteiger partial charge in [-0.15, -0.1) is 6.42 Å². The number of nitrogens with zero attached hydrogens (tertiary/aromatic N) is 1. The van der Waals surface area contributed by atoms with Crippen molar-refractivity contribution in [3.05, 3.63) is 35.4 Å². The zero-order valence-electron chi connectivity index (χ0n) is 23.5. The van der Waals surface area contributed by atoms with E-state index < -0.39 is 23.8 Å². The summed E-state index contributed by atoms with van der Waals surface area (Å²) >= 11 is 0. The van der Waals surface area contributed by atoms with Gasteiger partial charge in [0.05, 0.1) is 0 Å². The number of ether oxygens (including phenoxy) is 1. The molecule has 0 heterocycles. The highest BCUT2D eigenvalue weighted by Gasteiger charge is 2.40. The van der Waals surface area contributed by atoms with E-state index in [2.05, 4.69) is 23.5 Å². The normalized spacial score (nSPS) is 14.7. The maximum atomic E-state index is 14.1. The van der Waals surface area contributed by atoms with Crippen LogP contribution in [0.2, 0.25) is 0 Å². The van der Waals surface area contributed by atoms with Crippen LogP contribution in [0.1, 0.15) is 98.7 Å². The standard InChI is InChI=1S/C29H45N3O4/c1-11-16-21(7)30-26(33)25(23-18-15-14-17-22(23)13-3)32(19(4)5)27(34)24(20(6)12-2)31-28(35)36-29(8,9)10/h3,14-15,17-21,24-25H,11-12,16H2,1-2,4-10H3,(H,30,33)(H,31,35). The fraction of sp³-hybridized carbons (Fsp3) is 0.621. The second kappa shape index (κ2) is 13.9. The number of alkyl carbamates (subject to hydrolysis) is 1. The number of benzene rings is 1. The minimum Gasteiger partial charge on any atom is -0.444 e. The smallest absolute Gasteiger partial charge is 0.408 e. The van der Waals surface area contributed by atoms with Gasteiger partial charge in [-0.1, -0.05) is 57.7 Å². The van der Waals surface area contributed by atoms with Crippen molar-refractivity contribution in [2.45, 2.75) is 111 Å². The Bertz CT molecular complexity index is 929. The molecule has 0 aromatic heterocycles. The summed E-state index contributed by atoms with van der Waals surface area (Å²) in [5.74, 6) is 1.79. The number of carbonyl (C=O) groups excluding carboxylic acids is 3. The van der Waals surface area contributed by atoms with E-state index in [0.717, 1.165) is 12.8 Å². The van der Waals surface area contributed by atoms with Gasteiger partial charge < -0.3 is 20.3 Å². The molecule has 2 N–H and O–H groups in total. The van der Waals surface area contributed by atoms with Gasteiger partial charge in [0.15, 0.2) is 0 Å². The van der Waals surface area contributed by atoms with E-state index in [1.165, 1.54) is 0 Å². The summed E-state index contributed by atoms with van der Waals surface area (Å²) in [4.78, 5) is 42.1. The highest BCUT2D eigenvalue weighted by Crippen LogP contribution is 2.29. The van der Waals surface area contributed by atoms with Crippen molar-refractivity contribution < 1.29 is 19.1 Å². The third-order valence-corrected chi connectivity index (χ3v) is 6.01. The van der Waals surface area contributed by atoms with Crippen LogP contribution in [0.5, 0.6) is 0 Å². The quantitative estimate of drug-likeness (QED) is 0.410. The van der Waals surface area contributed by atoms with Crippen LogP contribution in [-0.4, -0.2) is 46.5 Å². The number of hydrogen-bond acceptors (Lipinski definition) is 4. The monoisotopic (exact) mass is 499 g/mol. The summed E-state index contributed by atoms with van der Waals surface area (Å²) in [6, 6.07) is 4.89. The first kappa shape index (κ1) is 31.0. The van der Waals surface area contributed by atoms with Gasteiger partial charge in [0, 0.05) is 17.6 Å². The molecule has 0 aliphatic heterocycles. The maximum Gasteiger partial charge on any atom is 0.408 e. The number of carbonyl (C=O) groups is 3. The first-order chi connectivity index (χ1) is 16.8. The molecule has 0 fully saturated rings. The molecule has 200 valence electrons. The average Bonchev–Trinajstić information content (AvgIpc) is 2.78. The van der Waals surface area contributed by atoms with Gasteiger partial charge in [0.1, 0.15) is 17.7 Å². The Balaban J connectivity index is 3.58. The maximum absolute atomic E-state index is 14.1. The molecule has 4 unspecified atom stereocenters. The van der Waals surface area contributed by atoms with Crippen molar-refractivity contribution >= 4 is 17.9 Å². The summed E-state index contributed by atoms with van der Waals surface area (Å²) in [7, 11) is 0. The van der Waals surface area contributed by atoms with Gasteiger partial charge in [0.2, 0.25) is 11.8 Å². The lowest BCUT2D eigenvalue weighted by Crippen LogP contribution is -2.57. The first-order valence-electron chi connectivity index (χ1n) is 12.9. The molecule has 1 rings (SSSR count). The molecule has 7 heteroatoms. The lowest BCUT2D eigenvalue weighted by atomic mass is 9.93. The topological polar surface area (TPSA) is 87.7 Å². The van der Waals surface area contributed by atoms with E-state index in [0.29, 0.717) is 17.5 Å². The van der Waals surface area contributed by atoms with Gasteiger partial charge in [0.25, 0.3) is 0 Å². The molecule has 0 spiro atoms. The molecule has 0 aliphatic rings. The first-order valence-corrected chi connectivity index (χ1v) is 12.9. The molecule has 4 atom stereocenters. The summed E-state index contributed by atoms with van der Waals surface area (Å²) in [6.07, 6.45) is 7.47. The molecule has 0 aliphatic carbocycles. The van der Waals surface area contributed by atoms with Crippen LogP contribution in [0.3, 0.4) is 0 Å². The molecular weight excluding hydrogens is 454 g/mol. The molecule has 0 saturated heterocycles. The fourth-order valence-electron chi connectivity index (χ4n) is 4.07. The average molecular weight is 500 g/mol. The van der Waals surface area contributed by atoms with Crippen molar-refractivity contribution in [2.24, 2.45) is 5.92 Å². The molecule has 0 bridgehead atoms. The highest BCUT2D eigenvalue weighted by molar-refractivity contribution is 5.93. The zero-order chi connectivity index (χ0) is 27.6. The molecule has 0 radical (unpaired) electrons. The fourth-order valence-corrected chi connectivity index (χ4v) is 4.07. The van der Waals surface area contributed by atoms with Crippen LogP contribution in [-0.2, 0) is 14.3 Å². The summed E-state index contributed by atoms with van der Waals surface area (Å²) in [6.45, 7) is 16.8. The zero-order valence-corrected chi connectivity index (χ0v) is 23.5. The van der Waals surface area contributed by atoms with Crippen LogP contribution >= 0.6 is 0 Å². The SMILES string of the molecule is C#Cc1ccccc1C(C(=O)NC(C)CCC)N(C(=O)C(NC(=O)OC(C)(C)C)C(C)CC)C(C)C. The van der Waals surface area contributed by atoms with Crippen LogP contribution in [0.25, 0.3) is 0 Å². The third-order valence-electron chi connectivity index (χ3n) is 6.01. The van der Waals surface area contributed by atoms with Crippen molar-refractivity contribution in [1.29, 1.82) is 0 Å². The Hall–Kier alpha value is -3.01. The Morgan fingerprint density at radius 1 is 1.06 bits per heavy atom. The molecule has 7 nitrogen and oxygen atoms in total. The van der Waals surface area contributed by atoms with Crippen LogP contribution in [0, 0.1) is 18.3 Å². The van der Waals surface area contributed by atoms with E-state index in [1.807, 2.05) is 34.6 Å². The summed E-state index contributed by atoms with van der Waals surface area (Å²) < 4.78 is 5.44. The minimum atomic E-state index is -0.962. The number of nitrogens with one attached hydrogen (secondary N) is 2. The van der Waals surface area contributed by atoms with Gasteiger partial charge in [-0.25, -0.2) is 4.79 Å². The molecule has 0 saturated carbocycles. The van der Waals surface area contributed by atoms with Gasteiger partial charge in [-0.3, -0.25) is 9.59 Å². The Morgan fingerprint density at radius 2 is 1.67 bits per heavy atom. The highest BCUT2D eigenvalue weighted by atomic mass is 16.6. The van der Waals surface area contributed by atoms with Gasteiger partial charge >= 0.3 is 6.09 Å². The lowest BCUT2D eigenvalue weighted by molar-refractivity contribution is -0.145. The predicted octanol–water partition coefficient (Wildman–Crippen LogP) is 5.19. The predicted molar refractivity (Wildman–Crippen MR) is 144 cm³/mol. The molecular formula is C29H45N3O4. The molecule has 1 aromatic rings. The number of terminal acetylenes is 1. The van der Waals surface area contributed by atoms with Crippen molar-refractivity contribution in [3.8, 4) is 12.3 Å². The summed E-state index contributed by atoms with van der Waals surface area (Å²) in [5.41, 5.74) is 0.400. The number of hydrogen-bond donors (Lipinski definition) is 2. The Morgan fingerprint density at radius 3 is 2.17 bits per heavy atom.